The van der Waals surface area contributed by atoms with Gasteiger partial charge in [0, 0.05) is 6.42 Å². The lowest BCUT2D eigenvalue weighted by Crippen LogP contribution is -2.15. The minimum absolute atomic E-state index is 0.304. The molecule has 0 aromatic heterocycles. The van der Waals surface area contributed by atoms with Crippen molar-refractivity contribution in [3.05, 3.63) is 6.42 Å². The van der Waals surface area contributed by atoms with E-state index >= 15 is 0 Å². The molecule has 0 aromatic rings. The van der Waals surface area contributed by atoms with E-state index in [0.29, 0.717) is 6.61 Å². The van der Waals surface area contributed by atoms with Crippen LogP contribution in [0.2, 0.25) is 0 Å². The molecule has 1 atom stereocenters. The molecular weight excluding hydrogens is 130 g/mol. The van der Waals surface area contributed by atoms with Gasteiger partial charge in [0.05, 0.1) is 12.7 Å². The van der Waals surface area contributed by atoms with Gasteiger partial charge in [-0.25, -0.2) is 0 Å². The van der Waals surface area contributed by atoms with E-state index in [1.807, 2.05) is 0 Å². The summed E-state index contributed by atoms with van der Waals surface area (Å²) in [6.07, 6.45) is 2.50. The van der Waals surface area contributed by atoms with Gasteiger partial charge in [0.15, 0.2) is 5.92 Å². The van der Waals surface area contributed by atoms with Crippen LogP contribution in [0.1, 0.15) is 13.8 Å². The average molecular weight is 139 g/mol. The summed E-state index contributed by atoms with van der Waals surface area (Å²) in [5.74, 6) is -1.35. The van der Waals surface area contributed by atoms with Crippen molar-refractivity contribution < 1.29 is 9.53 Å². The summed E-state index contributed by atoms with van der Waals surface area (Å²) in [7, 11) is 0. The van der Waals surface area contributed by atoms with Crippen molar-refractivity contribution in [2.24, 2.45) is 5.92 Å². The van der Waals surface area contributed by atoms with Crippen molar-refractivity contribution in [2.45, 2.75) is 13.8 Å². The number of nitrogens with zero attached hydrogens (tertiary/aromatic N) is 1. The van der Waals surface area contributed by atoms with E-state index in [-0.39, 0.29) is 0 Å². The van der Waals surface area contributed by atoms with Gasteiger partial charge < -0.3 is 4.74 Å². The molecule has 0 saturated heterocycles. The van der Waals surface area contributed by atoms with Gasteiger partial charge in [0.1, 0.15) is 0 Å². The third-order valence-corrected chi connectivity index (χ3v) is 0.940. The molecule has 2 radical (unpaired) electrons. The molecule has 3 heteroatoms. The molecule has 0 heterocycles. The first kappa shape index (κ1) is 8.96. The van der Waals surface area contributed by atoms with E-state index < -0.39 is 11.9 Å². The highest BCUT2D eigenvalue weighted by Crippen LogP contribution is 2.01. The summed E-state index contributed by atoms with van der Waals surface area (Å²) in [5, 5.41) is 8.31. The molecule has 3 nitrogen and oxygen atoms in total. The fraction of sp³-hybridized carbons (Fsp3) is 0.571. The van der Waals surface area contributed by atoms with Crippen LogP contribution in [0.4, 0.5) is 0 Å². The Hall–Kier alpha value is -1.04. The molecule has 0 spiro atoms. The number of ether oxygens (including phenoxy) is 1. The summed E-state index contributed by atoms with van der Waals surface area (Å²) >= 11 is 0. The molecule has 0 bridgehead atoms. The van der Waals surface area contributed by atoms with Gasteiger partial charge in [-0.15, -0.1) is 0 Å². The van der Waals surface area contributed by atoms with Gasteiger partial charge in [-0.3, -0.25) is 4.79 Å². The van der Waals surface area contributed by atoms with E-state index in [4.69, 9.17) is 5.26 Å². The maximum atomic E-state index is 10.7. The lowest BCUT2D eigenvalue weighted by Gasteiger charge is -2.02. The number of rotatable bonds is 3. The summed E-state index contributed by atoms with van der Waals surface area (Å²) in [4.78, 5) is 10.7. The number of hydrogen-bond acceptors (Lipinski definition) is 3. The normalized spacial score (nSPS) is 11.7. The third-order valence-electron chi connectivity index (χ3n) is 0.940. The van der Waals surface area contributed by atoms with Gasteiger partial charge in [-0.05, 0) is 6.92 Å². The van der Waals surface area contributed by atoms with Crippen LogP contribution in [0.15, 0.2) is 0 Å². The van der Waals surface area contributed by atoms with Gasteiger partial charge in [0.25, 0.3) is 0 Å². The number of nitriles is 1. The summed E-state index contributed by atoms with van der Waals surface area (Å²) < 4.78 is 4.56. The lowest BCUT2D eigenvalue weighted by molar-refractivity contribution is -0.144. The Morgan fingerprint density at radius 3 is 2.70 bits per heavy atom. The predicted molar refractivity (Wildman–Crippen MR) is 34.7 cm³/mol. The van der Waals surface area contributed by atoms with E-state index in [1.54, 1.807) is 13.0 Å². The minimum Gasteiger partial charge on any atom is -0.465 e. The first-order valence-corrected chi connectivity index (χ1v) is 2.99. The maximum absolute atomic E-state index is 10.7. The molecule has 0 amide bonds. The zero-order chi connectivity index (χ0) is 7.98. The van der Waals surface area contributed by atoms with Crippen LogP contribution in [-0.4, -0.2) is 12.6 Å². The average Bonchev–Trinajstić information content (AvgIpc) is 1.91. The second-order valence-corrected chi connectivity index (χ2v) is 1.60. The summed E-state index contributed by atoms with van der Waals surface area (Å²) in [6, 6.07) is 1.75. The molecular formula is C7H9NO2. The highest BCUT2D eigenvalue weighted by molar-refractivity contribution is 5.76. The van der Waals surface area contributed by atoms with Crippen LogP contribution >= 0.6 is 0 Å². The molecule has 0 rings (SSSR count). The van der Waals surface area contributed by atoms with Gasteiger partial charge in [-0.2, -0.15) is 5.26 Å². The Labute approximate surface area is 60.6 Å². The molecule has 0 aliphatic rings. The SMILES string of the molecule is C[C]C(C#N)C(=O)OCC. The standard InChI is InChI=1S/C7H9NO2/c1-3-6(5-8)7(9)10-4-2/h6H,4H2,1-2H3. The number of esters is 1. The second-order valence-electron chi connectivity index (χ2n) is 1.60. The molecule has 0 aliphatic carbocycles. The van der Waals surface area contributed by atoms with Crippen LogP contribution < -0.4 is 0 Å². The molecule has 0 aromatic carbocycles. The Morgan fingerprint density at radius 2 is 2.40 bits per heavy atom. The predicted octanol–water partition coefficient (Wildman–Crippen LogP) is 0.790. The van der Waals surface area contributed by atoms with Crippen molar-refractivity contribution in [1.82, 2.24) is 0 Å². The molecule has 54 valence electrons. The Kier molecular flexibility index (Phi) is 4.30. The van der Waals surface area contributed by atoms with Gasteiger partial charge in [0.2, 0.25) is 0 Å². The van der Waals surface area contributed by atoms with E-state index in [0.717, 1.165) is 0 Å². The first-order valence-electron chi connectivity index (χ1n) is 2.99. The van der Waals surface area contributed by atoms with E-state index in [9.17, 15) is 4.79 Å². The van der Waals surface area contributed by atoms with Crippen LogP contribution in [0.5, 0.6) is 0 Å². The molecule has 0 fully saturated rings. The number of hydrogen-bond donors (Lipinski definition) is 0. The third kappa shape index (κ3) is 2.49. The van der Waals surface area contributed by atoms with Crippen LogP contribution in [0.3, 0.4) is 0 Å². The maximum Gasteiger partial charge on any atom is 0.323 e. The quantitative estimate of drug-likeness (QED) is 0.543. The van der Waals surface area contributed by atoms with Gasteiger partial charge in [-0.1, -0.05) is 6.92 Å². The Bertz CT molecular complexity index is 148. The largest absolute Gasteiger partial charge is 0.465 e. The second kappa shape index (κ2) is 4.80. The summed E-state index contributed by atoms with van der Waals surface area (Å²) in [6.45, 7) is 3.53. The first-order chi connectivity index (χ1) is 4.76. The monoisotopic (exact) mass is 139 g/mol. The fourth-order valence-electron chi connectivity index (χ4n) is 0.461. The smallest absolute Gasteiger partial charge is 0.323 e. The molecule has 0 N–H and O–H groups in total. The van der Waals surface area contributed by atoms with Crippen LogP contribution in [-0.2, 0) is 9.53 Å². The van der Waals surface area contributed by atoms with Crippen molar-refractivity contribution in [1.29, 1.82) is 5.26 Å². The topological polar surface area (TPSA) is 50.1 Å². The fourth-order valence-corrected chi connectivity index (χ4v) is 0.461. The molecule has 1 unspecified atom stereocenters. The van der Waals surface area contributed by atoms with Crippen molar-refractivity contribution in [3.8, 4) is 6.07 Å². The molecule has 10 heavy (non-hydrogen) atoms. The van der Waals surface area contributed by atoms with Crippen LogP contribution in [0.25, 0.3) is 0 Å². The number of carbonyl (C=O) groups is 1. The zero-order valence-electron chi connectivity index (χ0n) is 6.05. The van der Waals surface area contributed by atoms with Crippen LogP contribution in [0, 0.1) is 23.7 Å². The Balaban J connectivity index is 3.80. The lowest BCUT2D eigenvalue weighted by atomic mass is 10.1. The zero-order valence-corrected chi connectivity index (χ0v) is 6.05. The highest BCUT2D eigenvalue weighted by atomic mass is 16.5. The van der Waals surface area contributed by atoms with E-state index in [1.165, 1.54) is 6.92 Å². The highest BCUT2D eigenvalue weighted by Gasteiger charge is 2.16. The van der Waals surface area contributed by atoms with Gasteiger partial charge >= 0.3 is 5.97 Å². The van der Waals surface area contributed by atoms with Crippen molar-refractivity contribution in [3.63, 3.8) is 0 Å². The minimum atomic E-state index is -0.833. The molecule has 0 aliphatic heterocycles. The number of carbonyl (C=O) groups excluding carboxylic acids is 1. The Morgan fingerprint density at radius 1 is 1.80 bits per heavy atom. The van der Waals surface area contributed by atoms with Crippen molar-refractivity contribution in [2.75, 3.05) is 6.61 Å². The summed E-state index contributed by atoms with van der Waals surface area (Å²) in [5.41, 5.74) is 0. The van der Waals surface area contributed by atoms with Crippen molar-refractivity contribution >= 4 is 5.97 Å². The molecule has 0 saturated carbocycles. The van der Waals surface area contributed by atoms with E-state index in [2.05, 4.69) is 11.2 Å².